The van der Waals surface area contributed by atoms with Gasteiger partial charge >= 0.3 is 0 Å². The van der Waals surface area contributed by atoms with Gasteiger partial charge < -0.3 is 4.57 Å². The maximum absolute atomic E-state index is 11.8. The largest absolute Gasteiger partial charge is 0.337 e. The molecule has 2 aromatic rings. The number of Topliss-reactive ketones (excluding diaryl/α,β-unsaturated/α-hetero) is 1. The number of ketones is 1. The van der Waals surface area contributed by atoms with E-state index >= 15 is 0 Å². The second kappa shape index (κ2) is 3.45. The molecule has 2 aromatic heterocycles. The standard InChI is InChI=1S/C10H10ClN3O2/c1-5(15)7-4-6-8(13(7)2)10(16)14(3)12-9(6)11/h4H,1-3H3. The Morgan fingerprint density at radius 1 is 1.44 bits per heavy atom. The Labute approximate surface area is 96.2 Å². The third-order valence-electron chi connectivity index (χ3n) is 2.55. The van der Waals surface area contributed by atoms with Crippen LogP contribution in [-0.4, -0.2) is 20.1 Å². The fraction of sp³-hybridized carbons (Fsp3) is 0.300. The van der Waals surface area contributed by atoms with E-state index in [1.54, 1.807) is 17.7 Å². The summed E-state index contributed by atoms with van der Waals surface area (Å²) in [7, 11) is 3.19. The maximum Gasteiger partial charge on any atom is 0.291 e. The quantitative estimate of drug-likeness (QED) is 0.701. The van der Waals surface area contributed by atoms with Crippen molar-refractivity contribution in [1.82, 2.24) is 14.3 Å². The number of carbonyl (C=O) groups excluding carboxylic acids is 1. The van der Waals surface area contributed by atoms with Crippen LogP contribution in [0.15, 0.2) is 10.9 Å². The van der Waals surface area contributed by atoms with Crippen molar-refractivity contribution in [3.8, 4) is 0 Å². The van der Waals surface area contributed by atoms with Gasteiger partial charge in [0.15, 0.2) is 10.9 Å². The number of halogens is 1. The SMILES string of the molecule is CC(=O)c1cc2c(Cl)nn(C)c(=O)c2n1C. The van der Waals surface area contributed by atoms with Gasteiger partial charge in [-0.3, -0.25) is 9.59 Å². The molecule has 84 valence electrons. The molecule has 5 nitrogen and oxygen atoms in total. The Morgan fingerprint density at radius 3 is 2.62 bits per heavy atom. The van der Waals surface area contributed by atoms with Crippen molar-refractivity contribution < 1.29 is 4.79 Å². The fourth-order valence-corrected chi connectivity index (χ4v) is 2.00. The maximum atomic E-state index is 11.8. The van der Waals surface area contributed by atoms with Gasteiger partial charge in [-0.2, -0.15) is 5.10 Å². The van der Waals surface area contributed by atoms with E-state index in [1.165, 1.54) is 14.0 Å². The minimum Gasteiger partial charge on any atom is -0.337 e. The third kappa shape index (κ3) is 1.36. The highest BCUT2D eigenvalue weighted by Gasteiger charge is 2.16. The summed E-state index contributed by atoms with van der Waals surface area (Å²) in [5, 5.41) is 4.59. The summed E-state index contributed by atoms with van der Waals surface area (Å²) in [6.45, 7) is 1.44. The summed E-state index contributed by atoms with van der Waals surface area (Å²) in [4.78, 5) is 23.2. The summed E-state index contributed by atoms with van der Waals surface area (Å²) in [6.07, 6.45) is 0. The van der Waals surface area contributed by atoms with E-state index in [1.807, 2.05) is 0 Å². The van der Waals surface area contributed by atoms with Crippen LogP contribution >= 0.6 is 11.6 Å². The molecular formula is C10H10ClN3O2. The average Bonchev–Trinajstić information content (AvgIpc) is 2.53. The molecule has 0 aliphatic rings. The van der Waals surface area contributed by atoms with Crippen LogP contribution in [0.1, 0.15) is 17.4 Å². The first-order valence-electron chi connectivity index (χ1n) is 4.66. The molecule has 2 rings (SSSR count). The van der Waals surface area contributed by atoms with Crippen LogP contribution in [0.4, 0.5) is 0 Å². The first-order valence-corrected chi connectivity index (χ1v) is 5.04. The van der Waals surface area contributed by atoms with Gasteiger partial charge in [-0.15, -0.1) is 0 Å². The van der Waals surface area contributed by atoms with Gasteiger partial charge in [0.1, 0.15) is 5.52 Å². The summed E-state index contributed by atoms with van der Waals surface area (Å²) >= 11 is 5.93. The Balaban J connectivity index is 3.03. The zero-order valence-electron chi connectivity index (χ0n) is 9.11. The highest BCUT2D eigenvalue weighted by molar-refractivity contribution is 6.34. The molecule has 0 amide bonds. The molecule has 0 aromatic carbocycles. The van der Waals surface area contributed by atoms with Gasteiger partial charge in [-0.25, -0.2) is 4.68 Å². The van der Waals surface area contributed by atoms with E-state index in [2.05, 4.69) is 5.10 Å². The molecule has 0 atom stereocenters. The number of hydrogen-bond acceptors (Lipinski definition) is 3. The van der Waals surface area contributed by atoms with Crippen molar-refractivity contribution in [1.29, 1.82) is 0 Å². The molecule has 0 aliphatic carbocycles. The topological polar surface area (TPSA) is 56.9 Å². The minimum atomic E-state index is -0.269. The number of rotatable bonds is 1. The van der Waals surface area contributed by atoms with E-state index in [9.17, 15) is 9.59 Å². The van der Waals surface area contributed by atoms with Crippen LogP contribution in [0.3, 0.4) is 0 Å². The van der Waals surface area contributed by atoms with E-state index in [4.69, 9.17) is 11.6 Å². The van der Waals surface area contributed by atoms with Crippen LogP contribution in [-0.2, 0) is 14.1 Å². The normalized spacial score (nSPS) is 11.0. The second-order valence-electron chi connectivity index (χ2n) is 3.63. The minimum absolute atomic E-state index is 0.114. The van der Waals surface area contributed by atoms with Crippen molar-refractivity contribution >= 4 is 28.3 Å². The summed E-state index contributed by atoms with van der Waals surface area (Å²) in [5.74, 6) is -0.114. The molecule has 0 unspecified atom stereocenters. The molecule has 0 aliphatic heterocycles. The molecule has 0 saturated carbocycles. The molecule has 0 radical (unpaired) electrons. The smallest absolute Gasteiger partial charge is 0.291 e. The molecule has 16 heavy (non-hydrogen) atoms. The summed E-state index contributed by atoms with van der Waals surface area (Å²) < 4.78 is 2.71. The molecule has 0 fully saturated rings. The number of fused-ring (bicyclic) bond motifs is 1. The van der Waals surface area contributed by atoms with Gasteiger partial charge in [0.25, 0.3) is 5.56 Å². The fourth-order valence-electron chi connectivity index (χ4n) is 1.74. The predicted molar refractivity (Wildman–Crippen MR) is 61.0 cm³/mol. The Kier molecular flexibility index (Phi) is 2.35. The van der Waals surface area contributed by atoms with E-state index in [0.29, 0.717) is 16.6 Å². The molecule has 0 spiro atoms. The van der Waals surface area contributed by atoms with Gasteiger partial charge in [-0.05, 0) is 6.07 Å². The number of carbonyl (C=O) groups is 1. The molecule has 0 bridgehead atoms. The van der Waals surface area contributed by atoms with E-state index in [0.717, 1.165) is 4.68 Å². The lowest BCUT2D eigenvalue weighted by atomic mass is 10.3. The lowest BCUT2D eigenvalue weighted by Gasteiger charge is -2.01. The number of hydrogen-bond donors (Lipinski definition) is 0. The van der Waals surface area contributed by atoms with Crippen molar-refractivity contribution in [2.24, 2.45) is 14.1 Å². The van der Waals surface area contributed by atoms with Crippen molar-refractivity contribution in [3.05, 3.63) is 27.3 Å². The Morgan fingerprint density at radius 2 is 2.06 bits per heavy atom. The number of nitrogens with zero attached hydrogens (tertiary/aromatic N) is 3. The second-order valence-corrected chi connectivity index (χ2v) is 3.98. The summed E-state index contributed by atoms with van der Waals surface area (Å²) in [5.41, 5.74) is 0.573. The molecule has 6 heteroatoms. The lowest BCUT2D eigenvalue weighted by molar-refractivity contribution is 0.101. The highest BCUT2D eigenvalue weighted by Crippen LogP contribution is 2.21. The number of aryl methyl sites for hydroxylation is 2. The summed E-state index contributed by atoms with van der Waals surface area (Å²) in [6, 6.07) is 1.59. The van der Waals surface area contributed by atoms with Crippen LogP contribution in [0.5, 0.6) is 0 Å². The predicted octanol–water partition coefficient (Wildman–Crippen LogP) is 1.13. The lowest BCUT2D eigenvalue weighted by Crippen LogP contribution is -2.21. The van der Waals surface area contributed by atoms with Crippen molar-refractivity contribution in [2.45, 2.75) is 6.92 Å². The van der Waals surface area contributed by atoms with Crippen LogP contribution in [0, 0.1) is 0 Å². The molecule has 2 heterocycles. The molecule has 0 N–H and O–H groups in total. The first-order chi connectivity index (χ1) is 7.43. The van der Waals surface area contributed by atoms with Crippen molar-refractivity contribution in [2.75, 3.05) is 0 Å². The van der Waals surface area contributed by atoms with Crippen LogP contribution < -0.4 is 5.56 Å². The van der Waals surface area contributed by atoms with Gasteiger partial charge in [0.2, 0.25) is 0 Å². The molecule has 0 saturated heterocycles. The van der Waals surface area contributed by atoms with Crippen LogP contribution in [0.2, 0.25) is 5.15 Å². The van der Waals surface area contributed by atoms with Gasteiger partial charge in [-0.1, -0.05) is 11.6 Å². The Hall–Kier alpha value is -1.62. The monoisotopic (exact) mass is 239 g/mol. The first kappa shape index (κ1) is 10.9. The molecular weight excluding hydrogens is 230 g/mol. The van der Waals surface area contributed by atoms with Crippen LogP contribution in [0.25, 0.3) is 10.9 Å². The van der Waals surface area contributed by atoms with Gasteiger partial charge in [0, 0.05) is 26.4 Å². The van der Waals surface area contributed by atoms with E-state index < -0.39 is 0 Å². The zero-order valence-corrected chi connectivity index (χ0v) is 9.87. The third-order valence-corrected chi connectivity index (χ3v) is 2.83. The highest BCUT2D eigenvalue weighted by atomic mass is 35.5. The van der Waals surface area contributed by atoms with E-state index in [-0.39, 0.29) is 16.5 Å². The average molecular weight is 240 g/mol. The zero-order chi connectivity index (χ0) is 12.0. The Bertz CT molecular complexity index is 654. The van der Waals surface area contributed by atoms with Crippen molar-refractivity contribution in [3.63, 3.8) is 0 Å². The van der Waals surface area contributed by atoms with Gasteiger partial charge in [0.05, 0.1) is 5.69 Å². The number of aromatic nitrogens is 3.